The number of nitrogens with two attached hydrogens (primary N) is 1. The molecular formula is C4H5BrClF2N3. The van der Waals surface area contributed by atoms with Gasteiger partial charge in [0.25, 0.3) is 0 Å². The molecule has 3 nitrogen and oxygen atoms in total. The highest BCUT2D eigenvalue weighted by molar-refractivity contribution is 9.10. The molecule has 1 aromatic heterocycles. The molecule has 0 unspecified atom stereocenters. The van der Waals surface area contributed by atoms with Crippen LogP contribution in [0.15, 0.2) is 10.7 Å². The maximum absolute atomic E-state index is 11.8. The van der Waals surface area contributed by atoms with E-state index in [1.54, 1.807) is 0 Å². The summed E-state index contributed by atoms with van der Waals surface area (Å²) in [4.78, 5) is 0. The van der Waals surface area contributed by atoms with Crippen LogP contribution in [0.2, 0.25) is 0 Å². The first-order valence-electron chi connectivity index (χ1n) is 2.39. The molecule has 2 N–H and O–H groups in total. The van der Waals surface area contributed by atoms with Crippen LogP contribution in [0.3, 0.4) is 0 Å². The van der Waals surface area contributed by atoms with Gasteiger partial charge in [0.05, 0.1) is 10.7 Å². The number of nitrogens with zero attached hydrogens (tertiary/aromatic N) is 2. The van der Waals surface area contributed by atoms with Crippen LogP contribution in [0.4, 0.5) is 14.6 Å². The lowest BCUT2D eigenvalue weighted by Crippen LogP contribution is -2.04. The van der Waals surface area contributed by atoms with Crippen LogP contribution in [0.25, 0.3) is 0 Å². The largest absolute Gasteiger partial charge is 0.383 e. The number of nitrogen functional groups attached to an aromatic ring is 1. The standard InChI is InChI=1S/C4H4BrF2N3.ClH/c5-2-1-9-10(3(2)8)4(6)7;/h1,4H,8H2;1H. The Bertz CT molecular complexity index is 239. The highest BCUT2D eigenvalue weighted by Crippen LogP contribution is 2.22. The van der Waals surface area contributed by atoms with Crippen molar-refractivity contribution in [2.45, 2.75) is 6.55 Å². The number of aromatic nitrogens is 2. The van der Waals surface area contributed by atoms with Crippen LogP contribution in [0.1, 0.15) is 6.55 Å². The van der Waals surface area contributed by atoms with Gasteiger partial charge in [0.2, 0.25) is 0 Å². The number of hydrogen-bond donors (Lipinski definition) is 1. The molecule has 0 amide bonds. The third kappa shape index (κ3) is 2.03. The average Bonchev–Trinajstić information content (AvgIpc) is 2.14. The molecule has 0 aliphatic heterocycles. The Kier molecular flexibility index (Phi) is 3.74. The Morgan fingerprint density at radius 1 is 1.64 bits per heavy atom. The van der Waals surface area contributed by atoms with Crippen LogP contribution in [0, 0.1) is 0 Å². The van der Waals surface area contributed by atoms with Gasteiger partial charge in [-0.05, 0) is 15.9 Å². The minimum absolute atomic E-state index is 0. The summed E-state index contributed by atoms with van der Waals surface area (Å²) in [6.45, 7) is -2.67. The first-order chi connectivity index (χ1) is 4.63. The van der Waals surface area contributed by atoms with Gasteiger partial charge < -0.3 is 5.73 Å². The van der Waals surface area contributed by atoms with Gasteiger partial charge in [-0.15, -0.1) is 12.4 Å². The summed E-state index contributed by atoms with van der Waals surface area (Å²) in [5, 5.41) is 3.31. The Hall–Kier alpha value is -0.360. The lowest BCUT2D eigenvalue weighted by molar-refractivity contribution is 0.0591. The van der Waals surface area contributed by atoms with E-state index in [-0.39, 0.29) is 18.2 Å². The van der Waals surface area contributed by atoms with Crippen molar-refractivity contribution in [1.82, 2.24) is 9.78 Å². The second kappa shape index (κ2) is 3.87. The van der Waals surface area contributed by atoms with Gasteiger partial charge >= 0.3 is 6.55 Å². The maximum Gasteiger partial charge on any atom is 0.335 e. The van der Waals surface area contributed by atoms with Crippen molar-refractivity contribution in [3.63, 3.8) is 0 Å². The van der Waals surface area contributed by atoms with Crippen molar-refractivity contribution in [1.29, 1.82) is 0 Å². The predicted octanol–water partition coefficient (Wildman–Crippen LogP) is 2.04. The molecular weight excluding hydrogens is 243 g/mol. The predicted molar refractivity (Wildman–Crippen MR) is 42.8 cm³/mol. The summed E-state index contributed by atoms with van der Waals surface area (Å²) >= 11 is 2.94. The first-order valence-corrected chi connectivity index (χ1v) is 3.19. The van der Waals surface area contributed by atoms with Gasteiger partial charge in [-0.1, -0.05) is 0 Å². The molecule has 1 heterocycles. The third-order valence-corrected chi connectivity index (χ3v) is 1.58. The molecule has 0 saturated heterocycles. The highest BCUT2D eigenvalue weighted by Gasteiger charge is 2.11. The number of anilines is 1. The Balaban J connectivity index is 0.000001000. The monoisotopic (exact) mass is 247 g/mol. The van der Waals surface area contributed by atoms with Crippen LogP contribution < -0.4 is 5.73 Å². The average molecular weight is 248 g/mol. The zero-order valence-electron chi connectivity index (χ0n) is 5.17. The molecule has 0 bridgehead atoms. The molecule has 7 heteroatoms. The zero-order chi connectivity index (χ0) is 7.72. The molecule has 11 heavy (non-hydrogen) atoms. The van der Waals surface area contributed by atoms with Gasteiger partial charge in [-0.3, -0.25) is 0 Å². The van der Waals surface area contributed by atoms with E-state index in [0.29, 0.717) is 9.15 Å². The SMILES string of the molecule is Cl.Nc1c(Br)cnn1C(F)F. The highest BCUT2D eigenvalue weighted by atomic mass is 79.9. The number of halogens is 4. The molecule has 0 aliphatic carbocycles. The molecule has 0 aromatic carbocycles. The summed E-state index contributed by atoms with van der Waals surface area (Å²) < 4.78 is 24.5. The molecule has 0 fully saturated rings. The van der Waals surface area contributed by atoms with E-state index in [9.17, 15) is 8.78 Å². The van der Waals surface area contributed by atoms with Gasteiger partial charge in [-0.25, -0.2) is 0 Å². The fourth-order valence-electron chi connectivity index (χ4n) is 0.506. The van der Waals surface area contributed by atoms with Crippen molar-refractivity contribution in [2.24, 2.45) is 0 Å². The fraction of sp³-hybridized carbons (Fsp3) is 0.250. The molecule has 0 atom stereocenters. The maximum atomic E-state index is 11.8. The second-order valence-corrected chi connectivity index (χ2v) is 2.45. The van der Waals surface area contributed by atoms with Crippen LogP contribution in [-0.2, 0) is 0 Å². The van der Waals surface area contributed by atoms with Crippen LogP contribution in [-0.4, -0.2) is 9.78 Å². The van der Waals surface area contributed by atoms with E-state index in [1.807, 2.05) is 0 Å². The molecule has 0 saturated carbocycles. The Morgan fingerprint density at radius 2 is 2.18 bits per heavy atom. The van der Waals surface area contributed by atoms with E-state index in [0.717, 1.165) is 0 Å². The van der Waals surface area contributed by atoms with Gasteiger partial charge in [0.1, 0.15) is 5.82 Å². The second-order valence-electron chi connectivity index (χ2n) is 1.60. The van der Waals surface area contributed by atoms with E-state index >= 15 is 0 Å². The smallest absolute Gasteiger partial charge is 0.335 e. The fourth-order valence-corrected chi connectivity index (χ4v) is 0.779. The minimum atomic E-state index is -2.67. The first kappa shape index (κ1) is 10.6. The van der Waals surface area contributed by atoms with Gasteiger partial charge in [-0.2, -0.15) is 18.6 Å². The molecule has 0 spiro atoms. The molecule has 0 radical (unpaired) electrons. The van der Waals surface area contributed by atoms with Crippen LogP contribution in [0.5, 0.6) is 0 Å². The van der Waals surface area contributed by atoms with Crippen LogP contribution >= 0.6 is 28.3 Å². The van der Waals surface area contributed by atoms with E-state index in [4.69, 9.17) is 5.73 Å². The van der Waals surface area contributed by atoms with Crippen molar-refractivity contribution >= 4 is 34.2 Å². The van der Waals surface area contributed by atoms with E-state index in [2.05, 4.69) is 21.0 Å². The minimum Gasteiger partial charge on any atom is -0.383 e. The molecule has 1 aromatic rings. The quantitative estimate of drug-likeness (QED) is 0.826. The normalized spacial score (nSPS) is 9.82. The zero-order valence-corrected chi connectivity index (χ0v) is 7.57. The lowest BCUT2D eigenvalue weighted by atomic mass is 10.7. The van der Waals surface area contributed by atoms with Crippen molar-refractivity contribution in [3.05, 3.63) is 10.7 Å². The molecule has 1 rings (SSSR count). The number of rotatable bonds is 1. The summed E-state index contributed by atoms with van der Waals surface area (Å²) in [5.74, 6) is -0.0602. The third-order valence-electron chi connectivity index (χ3n) is 0.972. The Labute approximate surface area is 76.1 Å². The summed E-state index contributed by atoms with van der Waals surface area (Å²) in [5.41, 5.74) is 5.18. The van der Waals surface area contributed by atoms with E-state index in [1.165, 1.54) is 6.20 Å². The number of hydrogen-bond acceptors (Lipinski definition) is 2. The number of alkyl halides is 2. The Morgan fingerprint density at radius 3 is 2.36 bits per heavy atom. The van der Waals surface area contributed by atoms with E-state index < -0.39 is 6.55 Å². The van der Waals surface area contributed by atoms with Gasteiger partial charge in [0, 0.05) is 0 Å². The lowest BCUT2D eigenvalue weighted by Gasteiger charge is -1.99. The summed E-state index contributed by atoms with van der Waals surface area (Å²) in [7, 11) is 0. The topological polar surface area (TPSA) is 43.8 Å². The van der Waals surface area contributed by atoms with Crippen molar-refractivity contribution in [3.8, 4) is 0 Å². The molecule has 64 valence electrons. The van der Waals surface area contributed by atoms with Gasteiger partial charge in [0.15, 0.2) is 0 Å². The summed E-state index contributed by atoms with van der Waals surface area (Å²) in [6.07, 6.45) is 1.22. The van der Waals surface area contributed by atoms with Crippen molar-refractivity contribution in [2.75, 3.05) is 5.73 Å². The molecule has 0 aliphatic rings. The summed E-state index contributed by atoms with van der Waals surface area (Å²) in [6, 6.07) is 0. The van der Waals surface area contributed by atoms with Crippen molar-refractivity contribution < 1.29 is 8.78 Å².